The zero-order valence-electron chi connectivity index (χ0n) is 12.1. The minimum Gasteiger partial charge on any atom is -0.383 e. The van der Waals surface area contributed by atoms with E-state index in [4.69, 9.17) is 4.74 Å². The first-order chi connectivity index (χ1) is 9.97. The van der Waals surface area contributed by atoms with Gasteiger partial charge in [0.25, 0.3) is 0 Å². The van der Waals surface area contributed by atoms with Crippen molar-refractivity contribution in [3.8, 4) is 0 Å². The Bertz CT molecular complexity index is 444. The summed E-state index contributed by atoms with van der Waals surface area (Å²) < 4.78 is 42.2. The molecule has 21 heavy (non-hydrogen) atoms. The molecule has 0 fully saturated rings. The molecule has 0 unspecified atom stereocenters. The van der Waals surface area contributed by atoms with Crippen molar-refractivity contribution in [2.75, 3.05) is 33.9 Å². The third-order valence-electron chi connectivity index (χ3n) is 2.81. The molecule has 118 valence electrons. The Labute approximate surface area is 122 Å². The van der Waals surface area contributed by atoms with Gasteiger partial charge in [-0.3, -0.25) is 4.99 Å². The number of guanidine groups is 1. The first-order valence-corrected chi connectivity index (χ1v) is 6.57. The van der Waals surface area contributed by atoms with E-state index in [0.29, 0.717) is 32.1 Å². The molecule has 1 aromatic rings. The molecule has 1 aromatic carbocycles. The Kier molecular flexibility index (Phi) is 7.01. The van der Waals surface area contributed by atoms with E-state index in [9.17, 15) is 13.2 Å². The second-order valence-corrected chi connectivity index (χ2v) is 4.36. The molecule has 7 heteroatoms. The van der Waals surface area contributed by atoms with E-state index in [1.165, 1.54) is 12.1 Å². The molecule has 0 radical (unpaired) electrons. The van der Waals surface area contributed by atoms with E-state index in [2.05, 4.69) is 15.6 Å². The van der Waals surface area contributed by atoms with Crippen LogP contribution >= 0.6 is 0 Å². The minimum atomic E-state index is -4.29. The van der Waals surface area contributed by atoms with Crippen molar-refractivity contribution in [3.05, 3.63) is 35.4 Å². The molecule has 4 nitrogen and oxygen atoms in total. The maximum Gasteiger partial charge on any atom is 0.416 e. The molecule has 0 amide bonds. The molecule has 0 aliphatic rings. The highest BCUT2D eigenvalue weighted by Gasteiger charge is 2.29. The summed E-state index contributed by atoms with van der Waals surface area (Å²) in [4.78, 5) is 4.03. The van der Waals surface area contributed by atoms with Gasteiger partial charge >= 0.3 is 6.18 Å². The minimum absolute atomic E-state index is 0.569. The number of benzene rings is 1. The largest absolute Gasteiger partial charge is 0.416 e. The summed E-state index contributed by atoms with van der Waals surface area (Å²) in [5, 5.41) is 6.13. The van der Waals surface area contributed by atoms with Crippen LogP contribution in [-0.2, 0) is 17.3 Å². The normalized spacial score (nSPS) is 12.3. The smallest absolute Gasteiger partial charge is 0.383 e. The second kappa shape index (κ2) is 8.51. The van der Waals surface area contributed by atoms with Crippen molar-refractivity contribution >= 4 is 5.96 Å². The van der Waals surface area contributed by atoms with Crippen molar-refractivity contribution in [3.63, 3.8) is 0 Å². The summed E-state index contributed by atoms with van der Waals surface area (Å²) in [6.07, 6.45) is -3.67. The third kappa shape index (κ3) is 6.48. The van der Waals surface area contributed by atoms with E-state index in [1.807, 2.05) is 0 Å². The zero-order valence-corrected chi connectivity index (χ0v) is 12.1. The number of hydrogen-bond acceptors (Lipinski definition) is 2. The lowest BCUT2D eigenvalue weighted by Gasteiger charge is -2.12. The fourth-order valence-electron chi connectivity index (χ4n) is 1.68. The van der Waals surface area contributed by atoms with Crippen LogP contribution < -0.4 is 10.6 Å². The van der Waals surface area contributed by atoms with Gasteiger partial charge in [0, 0.05) is 27.2 Å². The summed E-state index contributed by atoms with van der Waals surface area (Å²) in [6.45, 7) is 1.79. The molecular formula is C14H20F3N3O. The Balaban J connectivity index is 2.38. The van der Waals surface area contributed by atoms with Gasteiger partial charge in [0.1, 0.15) is 0 Å². The number of hydrogen-bond donors (Lipinski definition) is 2. The average Bonchev–Trinajstić information content (AvgIpc) is 2.45. The molecular weight excluding hydrogens is 283 g/mol. The van der Waals surface area contributed by atoms with Crippen molar-refractivity contribution in [2.24, 2.45) is 4.99 Å². The number of rotatable bonds is 6. The number of nitrogens with one attached hydrogen (secondary N) is 2. The van der Waals surface area contributed by atoms with E-state index < -0.39 is 11.7 Å². The summed E-state index contributed by atoms with van der Waals surface area (Å²) >= 11 is 0. The lowest BCUT2D eigenvalue weighted by molar-refractivity contribution is -0.137. The fraction of sp³-hybridized carbons (Fsp3) is 0.500. The van der Waals surface area contributed by atoms with Gasteiger partial charge in [-0.1, -0.05) is 12.1 Å². The number of halogens is 3. The summed E-state index contributed by atoms with van der Waals surface area (Å²) in [5.74, 6) is 0.638. The van der Waals surface area contributed by atoms with Crippen molar-refractivity contribution in [1.29, 1.82) is 0 Å². The van der Waals surface area contributed by atoms with Gasteiger partial charge in [-0.2, -0.15) is 13.2 Å². The molecule has 0 heterocycles. The van der Waals surface area contributed by atoms with Crippen LogP contribution in [0.5, 0.6) is 0 Å². The van der Waals surface area contributed by atoms with E-state index in [-0.39, 0.29) is 0 Å². The van der Waals surface area contributed by atoms with Gasteiger partial charge in [0.2, 0.25) is 0 Å². The second-order valence-electron chi connectivity index (χ2n) is 4.36. The van der Waals surface area contributed by atoms with Gasteiger partial charge in [-0.25, -0.2) is 0 Å². The molecule has 0 aromatic heterocycles. The quantitative estimate of drug-likeness (QED) is 0.480. The summed E-state index contributed by atoms with van der Waals surface area (Å²) in [7, 11) is 3.27. The van der Waals surface area contributed by atoms with Gasteiger partial charge in [-0.05, 0) is 24.1 Å². The summed E-state index contributed by atoms with van der Waals surface area (Å²) in [5.41, 5.74) is 0.207. The van der Waals surface area contributed by atoms with Gasteiger partial charge in [0.05, 0.1) is 12.2 Å². The molecule has 2 N–H and O–H groups in total. The van der Waals surface area contributed by atoms with Crippen LogP contribution in [0, 0.1) is 0 Å². The van der Waals surface area contributed by atoms with Crippen molar-refractivity contribution in [2.45, 2.75) is 12.6 Å². The average molecular weight is 303 g/mol. The Morgan fingerprint density at radius 3 is 2.29 bits per heavy atom. The monoisotopic (exact) mass is 303 g/mol. The number of aliphatic imine (C=N–C) groups is 1. The number of nitrogens with zero attached hydrogens (tertiary/aromatic N) is 1. The molecule has 1 rings (SSSR count). The van der Waals surface area contributed by atoms with E-state index in [0.717, 1.165) is 17.7 Å². The van der Waals surface area contributed by atoms with Crippen LogP contribution in [0.15, 0.2) is 29.3 Å². The topological polar surface area (TPSA) is 45.7 Å². The predicted octanol–water partition coefficient (Wildman–Crippen LogP) is 2.06. The van der Waals surface area contributed by atoms with Gasteiger partial charge in [0.15, 0.2) is 5.96 Å². The van der Waals surface area contributed by atoms with Crippen LogP contribution in [0.4, 0.5) is 13.2 Å². The number of alkyl halides is 3. The zero-order chi connectivity index (χ0) is 15.7. The lowest BCUT2D eigenvalue weighted by Crippen LogP contribution is -2.39. The molecule has 0 spiro atoms. The van der Waals surface area contributed by atoms with Crippen molar-refractivity contribution < 1.29 is 17.9 Å². The molecule has 0 atom stereocenters. The Morgan fingerprint density at radius 2 is 1.76 bits per heavy atom. The van der Waals surface area contributed by atoms with Crippen molar-refractivity contribution in [1.82, 2.24) is 10.6 Å². The Morgan fingerprint density at radius 1 is 1.14 bits per heavy atom. The number of methoxy groups -OCH3 is 1. The highest BCUT2D eigenvalue weighted by Crippen LogP contribution is 2.29. The first-order valence-electron chi connectivity index (χ1n) is 6.57. The molecule has 0 bridgehead atoms. The standard InChI is InChI=1S/C14H20F3N3O/c1-18-13(20-9-10-21-2)19-8-7-11-3-5-12(6-4-11)14(15,16)17/h3-6H,7-10H2,1-2H3,(H2,18,19,20). The van der Waals surface area contributed by atoms with Crippen LogP contribution in [-0.4, -0.2) is 39.8 Å². The SMILES string of the molecule is CN=C(NCCOC)NCCc1ccc(C(F)(F)F)cc1. The van der Waals surface area contributed by atoms with Crippen LogP contribution in [0.25, 0.3) is 0 Å². The highest BCUT2D eigenvalue weighted by atomic mass is 19.4. The predicted molar refractivity (Wildman–Crippen MR) is 76.4 cm³/mol. The Hall–Kier alpha value is -1.76. The van der Waals surface area contributed by atoms with Gasteiger partial charge < -0.3 is 15.4 Å². The van der Waals surface area contributed by atoms with Crippen LogP contribution in [0.2, 0.25) is 0 Å². The van der Waals surface area contributed by atoms with Gasteiger partial charge in [-0.15, -0.1) is 0 Å². The maximum absolute atomic E-state index is 12.4. The third-order valence-corrected chi connectivity index (χ3v) is 2.81. The molecule has 0 aliphatic carbocycles. The van der Waals surface area contributed by atoms with Crippen LogP contribution in [0.3, 0.4) is 0 Å². The van der Waals surface area contributed by atoms with E-state index in [1.54, 1.807) is 14.2 Å². The molecule has 0 aliphatic heterocycles. The summed E-state index contributed by atoms with van der Waals surface area (Å²) in [6, 6.07) is 5.18. The lowest BCUT2D eigenvalue weighted by atomic mass is 10.1. The number of ether oxygens (including phenoxy) is 1. The molecule has 0 saturated heterocycles. The fourth-order valence-corrected chi connectivity index (χ4v) is 1.68. The maximum atomic E-state index is 12.4. The van der Waals surface area contributed by atoms with Crippen LogP contribution in [0.1, 0.15) is 11.1 Å². The molecule has 0 saturated carbocycles. The highest BCUT2D eigenvalue weighted by molar-refractivity contribution is 5.79. The first kappa shape index (κ1) is 17.3. The van der Waals surface area contributed by atoms with E-state index >= 15 is 0 Å².